The Morgan fingerprint density at radius 1 is 1.29 bits per heavy atom. The summed E-state index contributed by atoms with van der Waals surface area (Å²) in [6, 6.07) is 8.22. The minimum Gasteiger partial charge on any atom is -0.478 e. The number of carboxylic acid groups (broad SMARTS) is 1. The number of aromatic nitrogens is 1. The highest BCUT2D eigenvalue weighted by atomic mass is 16.4. The molecule has 138 valence electrons. The fraction of sp³-hybridized carbons (Fsp3) is 0.0556. The molecule has 3 rings (SSSR count). The Kier molecular flexibility index (Phi) is 4.79. The number of pyridine rings is 1. The minimum atomic E-state index is -1.05. The first-order chi connectivity index (χ1) is 13.4. The number of nitrogen functional groups attached to an aromatic ring is 2. The van der Waals surface area contributed by atoms with Gasteiger partial charge in [0.25, 0.3) is 0 Å². The van der Waals surface area contributed by atoms with E-state index in [0.717, 1.165) is 6.08 Å². The van der Waals surface area contributed by atoms with Gasteiger partial charge in [-0.15, -0.1) is 0 Å². The molecule has 1 aliphatic rings. The van der Waals surface area contributed by atoms with Crippen LogP contribution in [0.1, 0.15) is 28.3 Å². The predicted molar refractivity (Wildman–Crippen MR) is 103 cm³/mol. The zero-order valence-electron chi connectivity index (χ0n) is 14.3. The highest BCUT2D eigenvalue weighted by molar-refractivity contribution is 5.98. The average molecular weight is 374 g/mol. The molecule has 0 spiro atoms. The maximum atomic E-state index is 10.6. The fourth-order valence-corrected chi connectivity index (χ4v) is 2.78. The SMILES string of the molecule is N#CNC1=NC(c2ccc(C=CC(=O)O)cc2)c2c(nc(N)c(C#N)c2N)N1. The molecule has 1 atom stereocenters. The molecule has 1 unspecified atom stereocenters. The summed E-state index contributed by atoms with van der Waals surface area (Å²) in [5.41, 5.74) is 14.0. The number of guanidine groups is 1. The van der Waals surface area contributed by atoms with E-state index in [4.69, 9.17) is 21.8 Å². The van der Waals surface area contributed by atoms with E-state index >= 15 is 0 Å². The zero-order chi connectivity index (χ0) is 20.3. The summed E-state index contributed by atoms with van der Waals surface area (Å²) >= 11 is 0. The smallest absolute Gasteiger partial charge is 0.328 e. The molecule has 0 bridgehead atoms. The highest BCUT2D eigenvalue weighted by Crippen LogP contribution is 2.40. The number of aliphatic imine (C=N–C) groups is 1. The standard InChI is InChI=1S/C18H14N8O2/c19-7-11-14(21)13-15(10-4-1-9(2-5-10)3-6-12(27)28)24-18(23-8-20)26-17(13)25-16(11)22/h1-6,15H,(H,27,28)(H6,21,22,23,24,25,26). The van der Waals surface area contributed by atoms with Crippen molar-refractivity contribution in [3.63, 3.8) is 0 Å². The van der Waals surface area contributed by atoms with Crippen LogP contribution in [-0.2, 0) is 4.79 Å². The Balaban J connectivity index is 2.11. The number of hydrogen-bond acceptors (Lipinski definition) is 9. The van der Waals surface area contributed by atoms with Gasteiger partial charge in [-0.05, 0) is 17.2 Å². The van der Waals surface area contributed by atoms with Gasteiger partial charge in [0.1, 0.15) is 29.3 Å². The molecule has 1 aromatic carbocycles. The van der Waals surface area contributed by atoms with Crippen LogP contribution in [0.15, 0.2) is 35.3 Å². The zero-order valence-corrected chi connectivity index (χ0v) is 14.3. The second kappa shape index (κ2) is 7.35. The van der Waals surface area contributed by atoms with Crippen molar-refractivity contribution >= 4 is 35.3 Å². The van der Waals surface area contributed by atoms with Crippen LogP contribution in [0.3, 0.4) is 0 Å². The van der Waals surface area contributed by atoms with Crippen LogP contribution >= 0.6 is 0 Å². The van der Waals surface area contributed by atoms with Crippen LogP contribution in [0, 0.1) is 22.8 Å². The van der Waals surface area contributed by atoms with Gasteiger partial charge in [-0.3, -0.25) is 5.32 Å². The molecule has 1 aromatic heterocycles. The Labute approximate surface area is 159 Å². The van der Waals surface area contributed by atoms with E-state index in [2.05, 4.69) is 20.6 Å². The number of carbonyl (C=O) groups is 1. The molecule has 0 saturated heterocycles. The molecule has 0 radical (unpaired) electrons. The van der Waals surface area contributed by atoms with Crippen molar-refractivity contribution < 1.29 is 9.90 Å². The quantitative estimate of drug-likeness (QED) is 0.298. The second-order valence-corrected chi connectivity index (χ2v) is 5.74. The summed E-state index contributed by atoms with van der Waals surface area (Å²) in [4.78, 5) is 19.3. The van der Waals surface area contributed by atoms with Crippen LogP contribution in [0.5, 0.6) is 0 Å². The van der Waals surface area contributed by atoms with Gasteiger partial charge in [0.15, 0.2) is 6.19 Å². The number of hydrogen-bond donors (Lipinski definition) is 5. The van der Waals surface area contributed by atoms with Crippen molar-refractivity contribution in [2.24, 2.45) is 4.99 Å². The lowest BCUT2D eigenvalue weighted by Crippen LogP contribution is -2.32. The highest BCUT2D eigenvalue weighted by Gasteiger charge is 2.29. The lowest BCUT2D eigenvalue weighted by Gasteiger charge is -2.26. The van der Waals surface area contributed by atoms with Gasteiger partial charge in [0, 0.05) is 11.6 Å². The van der Waals surface area contributed by atoms with Crippen LogP contribution in [0.25, 0.3) is 6.08 Å². The van der Waals surface area contributed by atoms with Gasteiger partial charge in [-0.1, -0.05) is 24.3 Å². The topological polar surface area (TPSA) is 186 Å². The molecule has 0 fully saturated rings. The average Bonchev–Trinajstić information content (AvgIpc) is 2.66. The third kappa shape index (κ3) is 3.38. The van der Waals surface area contributed by atoms with E-state index in [1.165, 1.54) is 6.08 Å². The first-order valence-electron chi connectivity index (χ1n) is 7.94. The summed E-state index contributed by atoms with van der Waals surface area (Å²) in [5, 5.41) is 32.2. The first-order valence-corrected chi connectivity index (χ1v) is 7.94. The molecule has 1 aliphatic heterocycles. The van der Waals surface area contributed by atoms with Crippen molar-refractivity contribution in [3.8, 4) is 12.3 Å². The molecule has 10 nitrogen and oxygen atoms in total. The maximum Gasteiger partial charge on any atom is 0.328 e. The van der Waals surface area contributed by atoms with Crippen molar-refractivity contribution in [1.29, 1.82) is 10.5 Å². The fourth-order valence-electron chi connectivity index (χ4n) is 2.78. The van der Waals surface area contributed by atoms with Crippen molar-refractivity contribution in [2.45, 2.75) is 6.04 Å². The number of aliphatic carboxylic acids is 1. The minimum absolute atomic E-state index is 0.0302. The number of benzene rings is 1. The molecule has 10 heteroatoms. The summed E-state index contributed by atoms with van der Waals surface area (Å²) < 4.78 is 0. The van der Waals surface area contributed by atoms with Gasteiger partial charge >= 0.3 is 5.97 Å². The number of nitrogens with zero attached hydrogens (tertiary/aromatic N) is 4. The number of nitrogens with one attached hydrogen (secondary N) is 2. The summed E-state index contributed by atoms with van der Waals surface area (Å²) in [5.74, 6) is -0.626. The maximum absolute atomic E-state index is 10.6. The summed E-state index contributed by atoms with van der Waals surface area (Å²) in [7, 11) is 0. The Morgan fingerprint density at radius 3 is 2.61 bits per heavy atom. The first kappa shape index (κ1) is 18.2. The summed E-state index contributed by atoms with van der Waals surface area (Å²) in [6.07, 6.45) is 4.27. The van der Waals surface area contributed by atoms with Crippen molar-refractivity contribution in [1.82, 2.24) is 10.3 Å². The largest absolute Gasteiger partial charge is 0.478 e. The third-order valence-electron chi connectivity index (χ3n) is 4.03. The Morgan fingerprint density at radius 2 is 2.00 bits per heavy atom. The van der Waals surface area contributed by atoms with Gasteiger partial charge < -0.3 is 21.9 Å². The molecular formula is C18H14N8O2. The van der Waals surface area contributed by atoms with E-state index < -0.39 is 12.0 Å². The van der Waals surface area contributed by atoms with E-state index in [9.17, 15) is 10.1 Å². The van der Waals surface area contributed by atoms with E-state index in [-0.39, 0.29) is 23.0 Å². The van der Waals surface area contributed by atoms with Gasteiger partial charge in [0.2, 0.25) is 5.96 Å². The predicted octanol–water partition coefficient (Wildman–Crippen LogP) is 1.16. The van der Waals surface area contributed by atoms with Gasteiger partial charge in [0.05, 0.1) is 5.69 Å². The van der Waals surface area contributed by atoms with Crippen LogP contribution in [0.2, 0.25) is 0 Å². The number of fused-ring (bicyclic) bond motifs is 1. The van der Waals surface area contributed by atoms with E-state index in [1.807, 2.05) is 6.07 Å². The summed E-state index contributed by atoms with van der Waals surface area (Å²) in [6.45, 7) is 0. The molecule has 0 amide bonds. The second-order valence-electron chi connectivity index (χ2n) is 5.74. The number of nitrogens with two attached hydrogens (primary N) is 2. The third-order valence-corrected chi connectivity index (χ3v) is 4.03. The van der Waals surface area contributed by atoms with Crippen LogP contribution in [-0.4, -0.2) is 22.0 Å². The molecule has 28 heavy (non-hydrogen) atoms. The van der Waals surface area contributed by atoms with E-state index in [1.54, 1.807) is 30.5 Å². The van der Waals surface area contributed by atoms with Crippen molar-refractivity contribution in [2.75, 3.05) is 16.8 Å². The van der Waals surface area contributed by atoms with E-state index in [0.29, 0.717) is 22.5 Å². The van der Waals surface area contributed by atoms with Gasteiger partial charge in [-0.25, -0.2) is 14.8 Å². The number of nitriles is 2. The monoisotopic (exact) mass is 374 g/mol. The lowest BCUT2D eigenvalue weighted by atomic mass is 9.94. The molecule has 2 aromatic rings. The van der Waals surface area contributed by atoms with Crippen molar-refractivity contribution in [3.05, 3.63) is 52.6 Å². The molecule has 0 aliphatic carbocycles. The van der Waals surface area contributed by atoms with Gasteiger partial charge in [-0.2, -0.15) is 10.5 Å². The Bertz CT molecular complexity index is 1090. The number of rotatable bonds is 3. The Hall–Kier alpha value is -4.57. The number of carboxylic acids is 1. The molecular weight excluding hydrogens is 360 g/mol. The molecule has 0 saturated carbocycles. The van der Waals surface area contributed by atoms with Crippen LogP contribution in [0.4, 0.5) is 17.3 Å². The number of anilines is 3. The lowest BCUT2D eigenvalue weighted by molar-refractivity contribution is -0.131. The molecule has 2 heterocycles. The van der Waals surface area contributed by atoms with Crippen LogP contribution < -0.4 is 22.1 Å². The molecule has 7 N–H and O–H groups in total. The normalized spacial score (nSPS) is 14.9.